The highest BCUT2D eigenvalue weighted by atomic mass is 32.2. The smallest absolute Gasteiger partial charge is 0.247 e. The fourth-order valence-electron chi connectivity index (χ4n) is 1.50. The van der Waals surface area contributed by atoms with Crippen LogP contribution >= 0.6 is 0 Å². The molecule has 6 heteroatoms. The number of sulfonamides is 1. The van der Waals surface area contributed by atoms with E-state index in [2.05, 4.69) is 4.98 Å². The molecule has 0 aliphatic rings. The Kier molecular flexibility index (Phi) is 3.88. The number of aromatic nitrogens is 1. The van der Waals surface area contributed by atoms with Crippen molar-refractivity contribution in [1.82, 2.24) is 9.29 Å². The zero-order valence-electron chi connectivity index (χ0n) is 9.60. The van der Waals surface area contributed by atoms with Crippen LogP contribution in [0.3, 0.4) is 0 Å². The first kappa shape index (κ1) is 12.9. The van der Waals surface area contributed by atoms with E-state index >= 15 is 0 Å². The first-order valence-corrected chi connectivity index (χ1v) is 6.54. The Hall–Kier alpha value is -1.14. The first-order chi connectivity index (χ1) is 7.39. The predicted molar refractivity (Wildman–Crippen MR) is 61.8 cm³/mol. The average Bonchev–Trinajstić information content (AvgIpc) is 2.18. The van der Waals surface area contributed by atoms with Crippen molar-refractivity contribution >= 4 is 10.0 Å². The van der Waals surface area contributed by atoms with Gasteiger partial charge in [-0.15, -0.1) is 0 Å². The summed E-state index contributed by atoms with van der Waals surface area (Å²) < 4.78 is 25.6. The monoisotopic (exact) mass is 244 g/mol. The summed E-state index contributed by atoms with van der Waals surface area (Å²) in [6.45, 7) is 5.81. The molecular formula is C10H16N2O3S. The molecule has 0 fully saturated rings. The Morgan fingerprint density at radius 3 is 2.38 bits per heavy atom. The lowest BCUT2D eigenvalue weighted by atomic mass is 10.4. The van der Waals surface area contributed by atoms with Crippen molar-refractivity contribution in [1.29, 1.82) is 0 Å². The van der Waals surface area contributed by atoms with E-state index in [-0.39, 0.29) is 16.5 Å². The minimum absolute atomic E-state index is 0.109. The molecule has 0 saturated carbocycles. The summed E-state index contributed by atoms with van der Waals surface area (Å²) in [4.78, 5) is 13.3. The normalized spacial score (nSPS) is 12.3. The molecule has 1 heterocycles. The average molecular weight is 244 g/mol. The number of nitrogens with one attached hydrogen (secondary N) is 1. The van der Waals surface area contributed by atoms with Crippen molar-refractivity contribution in [2.75, 3.05) is 6.54 Å². The van der Waals surface area contributed by atoms with Crippen molar-refractivity contribution in [3.8, 4) is 0 Å². The molecule has 1 aromatic heterocycles. The second kappa shape index (κ2) is 4.80. The molecule has 0 aliphatic carbocycles. The summed E-state index contributed by atoms with van der Waals surface area (Å²) in [5, 5.41) is 0. The zero-order chi connectivity index (χ0) is 12.3. The van der Waals surface area contributed by atoms with Gasteiger partial charge in [0.15, 0.2) is 0 Å². The second-order valence-electron chi connectivity index (χ2n) is 3.69. The van der Waals surface area contributed by atoms with Gasteiger partial charge in [-0.3, -0.25) is 4.79 Å². The molecule has 0 spiro atoms. The maximum absolute atomic E-state index is 12.1. The Morgan fingerprint density at radius 1 is 1.38 bits per heavy atom. The summed E-state index contributed by atoms with van der Waals surface area (Å²) in [5.74, 6) is 0. The number of rotatable bonds is 4. The van der Waals surface area contributed by atoms with Gasteiger partial charge in [0.1, 0.15) is 0 Å². The molecule has 0 bridgehead atoms. The molecule has 0 amide bonds. The van der Waals surface area contributed by atoms with Gasteiger partial charge in [-0.2, -0.15) is 4.31 Å². The first-order valence-electron chi connectivity index (χ1n) is 5.10. The summed E-state index contributed by atoms with van der Waals surface area (Å²) in [5.41, 5.74) is -0.313. The molecule has 0 unspecified atom stereocenters. The third kappa shape index (κ3) is 2.51. The van der Waals surface area contributed by atoms with Crippen LogP contribution < -0.4 is 5.56 Å². The van der Waals surface area contributed by atoms with Crippen molar-refractivity contribution in [3.63, 3.8) is 0 Å². The van der Waals surface area contributed by atoms with Gasteiger partial charge in [0.2, 0.25) is 15.6 Å². The van der Waals surface area contributed by atoms with Gasteiger partial charge >= 0.3 is 0 Å². The molecule has 5 nitrogen and oxygen atoms in total. The van der Waals surface area contributed by atoms with Crippen LogP contribution in [-0.4, -0.2) is 30.3 Å². The summed E-state index contributed by atoms with van der Waals surface area (Å²) >= 11 is 0. The van der Waals surface area contributed by atoms with E-state index in [9.17, 15) is 13.2 Å². The van der Waals surface area contributed by atoms with Crippen molar-refractivity contribution in [3.05, 3.63) is 28.7 Å². The third-order valence-corrected chi connectivity index (χ3v) is 4.40. The van der Waals surface area contributed by atoms with Crippen LogP contribution in [0, 0.1) is 0 Å². The van der Waals surface area contributed by atoms with Crippen LogP contribution in [0.4, 0.5) is 0 Å². The van der Waals surface area contributed by atoms with Gasteiger partial charge in [-0.1, -0.05) is 6.92 Å². The minimum Gasteiger partial charge on any atom is -0.328 e. The van der Waals surface area contributed by atoms with E-state index in [1.54, 1.807) is 6.92 Å². The van der Waals surface area contributed by atoms with E-state index in [1.165, 1.54) is 22.6 Å². The minimum atomic E-state index is -3.50. The largest absolute Gasteiger partial charge is 0.328 e. The third-order valence-electron chi connectivity index (χ3n) is 2.25. The van der Waals surface area contributed by atoms with E-state index < -0.39 is 10.0 Å². The SMILES string of the molecule is CCN(C(C)C)S(=O)(=O)c1ccc(=O)[nH]c1. The molecule has 90 valence electrons. The van der Waals surface area contributed by atoms with Crippen molar-refractivity contribution in [2.45, 2.75) is 31.7 Å². The number of hydrogen-bond acceptors (Lipinski definition) is 3. The topological polar surface area (TPSA) is 70.2 Å². The van der Waals surface area contributed by atoms with Gasteiger partial charge in [-0.25, -0.2) is 8.42 Å². The summed E-state index contributed by atoms with van der Waals surface area (Å²) in [7, 11) is -3.50. The molecule has 0 radical (unpaired) electrons. The lowest BCUT2D eigenvalue weighted by Crippen LogP contribution is -2.36. The molecule has 0 aliphatic heterocycles. The number of hydrogen-bond donors (Lipinski definition) is 1. The van der Waals surface area contributed by atoms with Crippen molar-refractivity contribution < 1.29 is 8.42 Å². The lowest BCUT2D eigenvalue weighted by molar-refractivity contribution is 0.369. The van der Waals surface area contributed by atoms with Crippen LogP contribution in [0.1, 0.15) is 20.8 Å². The zero-order valence-corrected chi connectivity index (χ0v) is 10.4. The van der Waals surface area contributed by atoms with Crippen LogP contribution in [-0.2, 0) is 10.0 Å². The van der Waals surface area contributed by atoms with E-state index in [1.807, 2.05) is 13.8 Å². The number of aromatic amines is 1. The lowest BCUT2D eigenvalue weighted by Gasteiger charge is -2.24. The van der Waals surface area contributed by atoms with Gasteiger partial charge in [0, 0.05) is 24.8 Å². The highest BCUT2D eigenvalue weighted by Gasteiger charge is 2.25. The second-order valence-corrected chi connectivity index (χ2v) is 5.58. The van der Waals surface area contributed by atoms with E-state index in [0.717, 1.165) is 0 Å². The van der Waals surface area contributed by atoms with Gasteiger partial charge < -0.3 is 4.98 Å². The van der Waals surface area contributed by atoms with Crippen LogP contribution in [0.15, 0.2) is 28.0 Å². The Bertz CT molecular complexity index is 485. The molecule has 0 aromatic carbocycles. The molecule has 1 N–H and O–H groups in total. The summed E-state index contributed by atoms with van der Waals surface area (Å²) in [6.07, 6.45) is 1.22. The maximum Gasteiger partial charge on any atom is 0.247 e. The highest BCUT2D eigenvalue weighted by Crippen LogP contribution is 2.15. The number of H-pyrrole nitrogens is 1. The van der Waals surface area contributed by atoms with E-state index in [0.29, 0.717) is 6.54 Å². The Labute approximate surface area is 95.2 Å². The number of pyridine rings is 1. The number of nitrogens with zero attached hydrogens (tertiary/aromatic N) is 1. The highest BCUT2D eigenvalue weighted by molar-refractivity contribution is 7.89. The van der Waals surface area contributed by atoms with Crippen LogP contribution in [0.25, 0.3) is 0 Å². The van der Waals surface area contributed by atoms with Crippen LogP contribution in [0.2, 0.25) is 0 Å². The quantitative estimate of drug-likeness (QED) is 0.851. The maximum atomic E-state index is 12.1. The molecule has 0 atom stereocenters. The van der Waals surface area contributed by atoms with Crippen molar-refractivity contribution in [2.24, 2.45) is 0 Å². The molecule has 1 aromatic rings. The van der Waals surface area contributed by atoms with Gasteiger partial charge in [0.05, 0.1) is 4.90 Å². The van der Waals surface area contributed by atoms with Gasteiger partial charge in [-0.05, 0) is 19.9 Å². The fraction of sp³-hybridized carbons (Fsp3) is 0.500. The standard InChI is InChI=1S/C10H16N2O3S/c1-4-12(8(2)3)16(14,15)9-5-6-10(13)11-7-9/h5-8H,4H2,1-3H3,(H,11,13). The molecule has 0 saturated heterocycles. The molecular weight excluding hydrogens is 228 g/mol. The Balaban J connectivity index is 3.20. The van der Waals surface area contributed by atoms with E-state index in [4.69, 9.17) is 0 Å². The van der Waals surface area contributed by atoms with Crippen LogP contribution in [0.5, 0.6) is 0 Å². The summed E-state index contributed by atoms with van der Waals surface area (Å²) in [6, 6.07) is 2.42. The predicted octanol–water partition coefficient (Wildman–Crippen LogP) is 0.794. The fourth-order valence-corrected chi connectivity index (χ4v) is 3.12. The van der Waals surface area contributed by atoms with Gasteiger partial charge in [0.25, 0.3) is 0 Å². The molecule has 1 rings (SSSR count). The molecule has 16 heavy (non-hydrogen) atoms. The Morgan fingerprint density at radius 2 is 2.00 bits per heavy atom.